The summed E-state index contributed by atoms with van der Waals surface area (Å²) in [5.41, 5.74) is 7.65. The van der Waals surface area contributed by atoms with E-state index in [1.807, 2.05) is 26.0 Å². The minimum Gasteiger partial charge on any atom is -0.437 e. The van der Waals surface area contributed by atoms with Crippen LogP contribution in [-0.2, 0) is 5.75 Å². The van der Waals surface area contributed by atoms with Gasteiger partial charge in [-0.15, -0.1) is 0 Å². The summed E-state index contributed by atoms with van der Waals surface area (Å²) in [5, 5.41) is 0.699. The minimum absolute atomic E-state index is 0.540. The van der Waals surface area contributed by atoms with Crippen LogP contribution in [-0.4, -0.2) is 9.97 Å². The van der Waals surface area contributed by atoms with E-state index >= 15 is 0 Å². The number of hydrogen-bond acceptors (Lipinski definition) is 5. The SMILES string of the molecule is Cc1nc(SCc2ccnc(N)c2)oc1C. The zero-order valence-electron chi connectivity index (χ0n) is 9.23. The molecule has 0 unspecified atom stereocenters. The van der Waals surface area contributed by atoms with E-state index in [1.165, 1.54) is 0 Å². The van der Waals surface area contributed by atoms with Crippen LogP contribution in [0, 0.1) is 13.8 Å². The number of aryl methyl sites for hydroxylation is 2. The van der Waals surface area contributed by atoms with Crippen molar-refractivity contribution < 1.29 is 4.42 Å². The predicted octanol–water partition coefficient (Wildman–Crippen LogP) is 2.56. The summed E-state index contributed by atoms with van der Waals surface area (Å²) >= 11 is 1.56. The van der Waals surface area contributed by atoms with Crippen molar-refractivity contribution in [2.75, 3.05) is 5.73 Å². The third-order valence-electron chi connectivity index (χ3n) is 2.22. The Labute approximate surface area is 98.3 Å². The largest absolute Gasteiger partial charge is 0.437 e. The third-order valence-corrected chi connectivity index (χ3v) is 3.12. The number of hydrogen-bond donors (Lipinski definition) is 1. The van der Waals surface area contributed by atoms with Gasteiger partial charge in [0.25, 0.3) is 5.22 Å². The fourth-order valence-corrected chi connectivity index (χ4v) is 2.09. The van der Waals surface area contributed by atoms with Crippen molar-refractivity contribution in [1.29, 1.82) is 0 Å². The summed E-state index contributed by atoms with van der Waals surface area (Å²) in [6, 6.07) is 3.79. The van der Waals surface area contributed by atoms with Gasteiger partial charge in [-0.2, -0.15) is 0 Å². The van der Waals surface area contributed by atoms with Crippen molar-refractivity contribution in [1.82, 2.24) is 9.97 Å². The molecule has 0 fully saturated rings. The zero-order valence-corrected chi connectivity index (χ0v) is 10.0. The third kappa shape index (κ3) is 2.55. The number of nitrogens with zero attached hydrogens (tertiary/aromatic N) is 2. The summed E-state index contributed by atoms with van der Waals surface area (Å²) in [7, 11) is 0. The first-order valence-corrected chi connectivity index (χ1v) is 5.91. The molecular formula is C11H13N3OS. The van der Waals surface area contributed by atoms with Crippen LogP contribution in [0.15, 0.2) is 28.0 Å². The number of anilines is 1. The maximum atomic E-state index is 5.60. The van der Waals surface area contributed by atoms with E-state index in [1.54, 1.807) is 18.0 Å². The lowest BCUT2D eigenvalue weighted by molar-refractivity contribution is 0.431. The molecule has 0 atom stereocenters. The Kier molecular flexibility index (Phi) is 3.14. The summed E-state index contributed by atoms with van der Waals surface area (Å²) in [5.74, 6) is 2.20. The van der Waals surface area contributed by atoms with Gasteiger partial charge in [0.1, 0.15) is 11.6 Å². The number of thioether (sulfide) groups is 1. The summed E-state index contributed by atoms with van der Waals surface area (Å²) in [6.07, 6.45) is 1.71. The molecule has 0 saturated carbocycles. The summed E-state index contributed by atoms with van der Waals surface area (Å²) in [4.78, 5) is 8.24. The minimum atomic E-state index is 0.540. The summed E-state index contributed by atoms with van der Waals surface area (Å²) in [6.45, 7) is 3.85. The summed E-state index contributed by atoms with van der Waals surface area (Å²) < 4.78 is 5.47. The molecule has 5 heteroatoms. The van der Waals surface area contributed by atoms with Gasteiger partial charge in [0.05, 0.1) is 5.69 Å². The molecule has 2 heterocycles. The van der Waals surface area contributed by atoms with E-state index < -0.39 is 0 Å². The first-order valence-electron chi connectivity index (χ1n) is 4.92. The molecule has 2 N–H and O–H groups in total. The molecule has 0 aliphatic rings. The molecule has 2 aromatic heterocycles. The maximum Gasteiger partial charge on any atom is 0.256 e. The molecule has 84 valence electrons. The molecule has 0 aliphatic heterocycles. The molecule has 0 amide bonds. The highest BCUT2D eigenvalue weighted by Crippen LogP contribution is 2.24. The lowest BCUT2D eigenvalue weighted by Gasteiger charge is -1.98. The Morgan fingerprint density at radius 2 is 2.25 bits per heavy atom. The average Bonchev–Trinajstić information content (AvgIpc) is 2.56. The van der Waals surface area contributed by atoms with Crippen LogP contribution >= 0.6 is 11.8 Å². The van der Waals surface area contributed by atoms with Crippen molar-refractivity contribution in [2.45, 2.75) is 24.8 Å². The van der Waals surface area contributed by atoms with E-state index in [-0.39, 0.29) is 0 Å². The van der Waals surface area contributed by atoms with Crippen molar-refractivity contribution in [3.05, 3.63) is 35.3 Å². The molecule has 0 bridgehead atoms. The lowest BCUT2D eigenvalue weighted by atomic mass is 10.3. The van der Waals surface area contributed by atoms with E-state index in [0.29, 0.717) is 11.0 Å². The first kappa shape index (κ1) is 11.0. The predicted molar refractivity (Wildman–Crippen MR) is 64.2 cm³/mol. The molecule has 4 nitrogen and oxygen atoms in total. The van der Waals surface area contributed by atoms with Crippen LogP contribution in [0.4, 0.5) is 5.82 Å². The van der Waals surface area contributed by atoms with Crippen LogP contribution in [0.2, 0.25) is 0 Å². The molecule has 2 rings (SSSR count). The highest BCUT2D eigenvalue weighted by atomic mass is 32.2. The van der Waals surface area contributed by atoms with E-state index in [4.69, 9.17) is 10.2 Å². The Bertz CT molecular complexity index is 476. The van der Waals surface area contributed by atoms with Crippen molar-refractivity contribution in [3.8, 4) is 0 Å². The Balaban J connectivity index is 2.02. The van der Waals surface area contributed by atoms with E-state index in [2.05, 4.69) is 9.97 Å². The number of nitrogens with two attached hydrogens (primary N) is 1. The van der Waals surface area contributed by atoms with Gasteiger partial charge in [-0.05, 0) is 31.5 Å². The smallest absolute Gasteiger partial charge is 0.256 e. The highest BCUT2D eigenvalue weighted by Gasteiger charge is 2.06. The number of oxazole rings is 1. The first-order chi connectivity index (χ1) is 7.65. The number of pyridine rings is 1. The molecule has 2 aromatic rings. The number of nitrogen functional groups attached to an aromatic ring is 1. The molecule has 16 heavy (non-hydrogen) atoms. The van der Waals surface area contributed by atoms with Gasteiger partial charge in [0.15, 0.2) is 0 Å². The highest BCUT2D eigenvalue weighted by molar-refractivity contribution is 7.98. The van der Waals surface area contributed by atoms with Crippen molar-refractivity contribution in [3.63, 3.8) is 0 Å². The van der Waals surface area contributed by atoms with Crippen molar-refractivity contribution in [2.24, 2.45) is 0 Å². The zero-order chi connectivity index (χ0) is 11.5. The van der Waals surface area contributed by atoms with Gasteiger partial charge in [-0.1, -0.05) is 11.8 Å². The lowest BCUT2D eigenvalue weighted by Crippen LogP contribution is -1.90. The second-order valence-electron chi connectivity index (χ2n) is 3.50. The number of rotatable bonds is 3. The van der Waals surface area contributed by atoms with Gasteiger partial charge in [0, 0.05) is 11.9 Å². The Morgan fingerprint density at radius 3 is 2.88 bits per heavy atom. The van der Waals surface area contributed by atoms with Crippen LogP contribution in [0.5, 0.6) is 0 Å². The Morgan fingerprint density at radius 1 is 1.44 bits per heavy atom. The van der Waals surface area contributed by atoms with Crippen molar-refractivity contribution >= 4 is 17.6 Å². The van der Waals surface area contributed by atoms with E-state index in [0.717, 1.165) is 22.8 Å². The normalized spacial score (nSPS) is 10.6. The van der Waals surface area contributed by atoms with Crippen LogP contribution in [0.1, 0.15) is 17.0 Å². The standard InChI is InChI=1S/C11H13N3OS/c1-7-8(2)15-11(14-7)16-6-9-3-4-13-10(12)5-9/h3-5H,6H2,1-2H3,(H2,12,13). The number of aromatic nitrogens is 2. The maximum absolute atomic E-state index is 5.60. The second kappa shape index (κ2) is 4.57. The van der Waals surface area contributed by atoms with Crippen LogP contribution < -0.4 is 5.73 Å². The molecule has 0 saturated heterocycles. The fourth-order valence-electron chi connectivity index (χ4n) is 1.23. The molecule has 0 aromatic carbocycles. The monoisotopic (exact) mass is 235 g/mol. The van der Waals surface area contributed by atoms with Crippen LogP contribution in [0.3, 0.4) is 0 Å². The second-order valence-corrected chi connectivity index (χ2v) is 4.43. The van der Waals surface area contributed by atoms with Gasteiger partial charge < -0.3 is 10.2 Å². The molecular weight excluding hydrogens is 222 g/mol. The van der Waals surface area contributed by atoms with Gasteiger partial charge in [-0.3, -0.25) is 0 Å². The van der Waals surface area contributed by atoms with E-state index in [9.17, 15) is 0 Å². The molecule has 0 radical (unpaired) electrons. The average molecular weight is 235 g/mol. The Hall–Kier alpha value is -1.49. The van der Waals surface area contributed by atoms with Gasteiger partial charge in [-0.25, -0.2) is 9.97 Å². The quantitative estimate of drug-likeness (QED) is 0.828. The molecule has 0 aliphatic carbocycles. The van der Waals surface area contributed by atoms with Gasteiger partial charge >= 0.3 is 0 Å². The van der Waals surface area contributed by atoms with Crippen LogP contribution in [0.25, 0.3) is 0 Å². The fraction of sp³-hybridized carbons (Fsp3) is 0.273. The van der Waals surface area contributed by atoms with Gasteiger partial charge in [0.2, 0.25) is 0 Å². The topological polar surface area (TPSA) is 64.9 Å². The molecule has 0 spiro atoms.